The molecule has 0 aliphatic carbocycles. The van der Waals surface area contributed by atoms with Crippen LogP contribution in [0.4, 0.5) is 0 Å². The van der Waals surface area contributed by atoms with E-state index in [4.69, 9.17) is 33.6 Å². The van der Waals surface area contributed by atoms with E-state index in [0.717, 1.165) is 49.6 Å². The molecule has 20 aromatic rings. The van der Waals surface area contributed by atoms with Crippen LogP contribution in [0.3, 0.4) is 0 Å². The van der Waals surface area contributed by atoms with Crippen molar-refractivity contribution < 1.29 is 33.6 Å². The van der Waals surface area contributed by atoms with Crippen LogP contribution in [0.15, 0.2) is 310 Å². The quantitative estimate of drug-likeness (QED) is 0.142. The molecule has 468 valence electrons. The number of hydrogen-bond acceptors (Lipinski definition) is 4. The molecule has 16 aromatic carbocycles. The van der Waals surface area contributed by atoms with Crippen molar-refractivity contribution in [2.24, 2.45) is 0 Å². The summed E-state index contributed by atoms with van der Waals surface area (Å²) in [4.78, 5) is 17.7. The van der Waals surface area contributed by atoms with E-state index >= 15 is 0 Å². The molecule has 0 aliphatic rings. The van der Waals surface area contributed by atoms with Gasteiger partial charge in [0, 0.05) is 103 Å². The Balaban J connectivity index is 0.000000194. The van der Waals surface area contributed by atoms with Crippen molar-refractivity contribution >= 4 is 162 Å². The minimum absolute atomic E-state index is 0.310. The fraction of sp³-hybridized carbons (Fsp3) is 0.0549. The summed E-state index contributed by atoms with van der Waals surface area (Å²) in [5.74, 6) is 0. The van der Waals surface area contributed by atoms with E-state index in [0.29, 0.717) is 34.5 Å². The summed E-state index contributed by atoms with van der Waals surface area (Å²) in [6.45, 7) is 1.58. The molecule has 0 saturated carbocycles. The Labute approximate surface area is 585 Å². The summed E-state index contributed by atoms with van der Waals surface area (Å²) in [5.41, 5.74) is 7.33. The summed E-state index contributed by atoms with van der Waals surface area (Å²) >= 11 is 0. The topological polar surface area (TPSA) is 51.6 Å². The van der Waals surface area contributed by atoms with Gasteiger partial charge in [0.25, 0.3) is 0 Å². The number of nitrogens with zero attached hydrogens (tertiary/aromatic N) is 4. The molecule has 4 nitrogen and oxygen atoms in total. The first kappa shape index (κ1) is 44.5. The van der Waals surface area contributed by atoms with Crippen LogP contribution in [0.25, 0.3) is 162 Å². The van der Waals surface area contributed by atoms with E-state index in [1.165, 1.54) is 140 Å². The van der Waals surface area contributed by atoms with Crippen LogP contribution in [0.5, 0.6) is 0 Å². The van der Waals surface area contributed by atoms with Gasteiger partial charge < -0.3 is 0 Å². The second-order valence-electron chi connectivity index (χ2n) is 24.3. The summed E-state index contributed by atoms with van der Waals surface area (Å²) in [5, 5.41) is 34.4. The Bertz CT molecular complexity index is 5510. The van der Waals surface area contributed by atoms with Gasteiger partial charge in [0.15, 0.2) is 0 Å². The molecule has 4 heteroatoms. The third-order valence-corrected chi connectivity index (χ3v) is 18.5. The number of fused-ring (bicyclic) bond motifs is 30. The van der Waals surface area contributed by atoms with Crippen molar-refractivity contribution in [2.75, 3.05) is 0 Å². The van der Waals surface area contributed by atoms with Crippen molar-refractivity contribution in [1.82, 2.24) is 19.9 Å². The van der Waals surface area contributed by atoms with E-state index in [1.54, 1.807) is 0 Å². The zero-order valence-electron chi connectivity index (χ0n) is 75.3. The highest BCUT2D eigenvalue weighted by Crippen LogP contribution is 2.40. The molecule has 0 aliphatic heterocycles. The maximum atomic E-state index is 7.59. The molecule has 0 unspecified atom stereocenters. The molecule has 4 aromatic heterocycles. The summed E-state index contributed by atoms with van der Waals surface area (Å²) < 4.78 is 128. The van der Waals surface area contributed by atoms with Crippen LogP contribution in [0.2, 0.25) is 0 Å². The summed E-state index contributed by atoms with van der Waals surface area (Å²) in [6.07, 6.45) is 11.2. The highest BCUT2D eigenvalue weighted by Gasteiger charge is 2.14. The SMILES string of the molecule is [2H]Cc1ccc2c(c1)c1ccccc1c1cccnc12.[2H]Cc1ccc2c3ccccc3c3ccccc3c2c1.[2H]Cc1ccc2c3ccccc3c3ncccc3c2c1.[2H]Cc1ccc2c3ccncc3c3ccccc3c2c1.[2H]Cc1ccc2c3cnccc3c3ccccc3c2c1.[2H][2H].[2H][2H].[2H][2H].[2H][2H].[2H][2H].[2H][2H].[2H][2H].[2H][2H].[2H][2H]. The molecular weight excluding hydrogens is 1150 g/mol. The second-order valence-corrected chi connectivity index (χ2v) is 24.3. The second kappa shape index (κ2) is 24.6. The molecule has 0 saturated heterocycles. The molecule has 0 spiro atoms. The molecule has 0 bridgehead atoms. The molecule has 0 atom stereocenters. The van der Waals surface area contributed by atoms with Crippen LogP contribution in [0, 0.1) is 34.5 Å². The van der Waals surface area contributed by atoms with E-state index in [9.17, 15) is 0 Å². The van der Waals surface area contributed by atoms with Gasteiger partial charge >= 0.3 is 0 Å². The predicted molar refractivity (Wildman–Crippen MR) is 429 cm³/mol. The van der Waals surface area contributed by atoms with Crippen LogP contribution < -0.4 is 0 Å². The molecular formula is C91H84N4. The van der Waals surface area contributed by atoms with E-state index in [-0.39, 0.29) is 0 Å². The lowest BCUT2D eigenvalue weighted by molar-refractivity contribution is 1.37. The fourth-order valence-corrected chi connectivity index (χ4v) is 14.3. The average molecular weight is 1260 g/mol. The zero-order valence-corrected chi connectivity index (χ0v) is 52.3. The molecule has 95 heavy (non-hydrogen) atoms. The minimum atomic E-state index is 0.310. The van der Waals surface area contributed by atoms with Crippen LogP contribution >= 0.6 is 0 Å². The zero-order chi connectivity index (χ0) is 85.6. The van der Waals surface area contributed by atoms with Crippen molar-refractivity contribution in [3.63, 3.8) is 0 Å². The first-order valence-electron chi connectivity index (χ1n) is 44.4. The van der Waals surface area contributed by atoms with Crippen LogP contribution in [-0.4, -0.2) is 19.9 Å². The fourth-order valence-electron chi connectivity index (χ4n) is 14.3. The van der Waals surface area contributed by atoms with Crippen molar-refractivity contribution in [1.29, 1.82) is 0 Å². The van der Waals surface area contributed by atoms with Crippen molar-refractivity contribution in [3.8, 4) is 0 Å². The number of rotatable bonds is 0. The number of pyridine rings is 4. The Morgan fingerprint density at radius 2 is 0.400 bits per heavy atom. The van der Waals surface area contributed by atoms with Crippen LogP contribution in [-0.2, 0) is 0 Å². The highest BCUT2D eigenvalue weighted by molar-refractivity contribution is 6.29. The summed E-state index contributed by atoms with van der Waals surface area (Å²) in [7, 11) is 0. The lowest BCUT2D eigenvalue weighted by atomic mass is 9.93. The van der Waals surface area contributed by atoms with Gasteiger partial charge in [-0.05, 0) is 177 Å². The first-order valence-corrected chi connectivity index (χ1v) is 31.9. The van der Waals surface area contributed by atoms with Crippen LogP contribution in [0.1, 0.15) is 61.4 Å². The maximum Gasteiger partial charge on any atom is 0.0786 e. The molecule has 0 N–H and O–H groups in total. The van der Waals surface area contributed by atoms with E-state index in [1.807, 2.05) is 73.6 Å². The first-order chi connectivity index (χ1) is 58.4. The van der Waals surface area contributed by atoms with E-state index < -0.39 is 0 Å². The van der Waals surface area contributed by atoms with Crippen molar-refractivity contribution in [2.45, 2.75) is 34.5 Å². The largest absolute Gasteiger partial charge is 0.264 e. The molecule has 4 heterocycles. The van der Waals surface area contributed by atoms with Gasteiger partial charge in [-0.3, -0.25) is 19.9 Å². The highest BCUT2D eigenvalue weighted by atomic mass is 14.7. The minimum Gasteiger partial charge on any atom is -0.264 e. The Morgan fingerprint density at radius 3 is 0.716 bits per heavy atom. The molecule has 20 rings (SSSR count). The Kier molecular flexibility index (Phi) is 11.5. The number of aromatic nitrogens is 4. The van der Waals surface area contributed by atoms with Crippen molar-refractivity contribution in [3.05, 3.63) is 338 Å². The molecule has 0 amide bonds. The number of benzene rings is 16. The van der Waals surface area contributed by atoms with Gasteiger partial charge in [0.05, 0.1) is 11.0 Å². The monoisotopic (exact) mass is 1260 g/mol. The Hall–Kier alpha value is -12.0. The third kappa shape index (κ3) is 10.6. The number of hydrogen-bond donors (Lipinski definition) is 0. The summed E-state index contributed by atoms with van der Waals surface area (Å²) in [6, 6.07) is 94.7. The Morgan fingerprint density at radius 1 is 0.200 bits per heavy atom. The molecule has 0 radical (unpaired) electrons. The third-order valence-electron chi connectivity index (χ3n) is 18.5. The van der Waals surface area contributed by atoms with E-state index in [2.05, 4.69) is 257 Å². The van der Waals surface area contributed by atoms with Gasteiger partial charge in [0.2, 0.25) is 0 Å². The lowest BCUT2D eigenvalue weighted by Gasteiger charge is -2.10. The number of aryl methyl sites for hydroxylation is 5. The maximum absolute atomic E-state index is 7.59. The smallest absolute Gasteiger partial charge is 0.0786 e. The predicted octanol–water partition coefficient (Wildman–Crippen LogP) is 27.1. The molecule has 0 fully saturated rings. The standard InChI is InChI=1S/C19H14.4C18H13N.9H2/c1-13-10-11-18-16-8-3-2-6-14(16)15-7-4-5-9-17(15)19(18)12-13;1-12-8-9-14-13-5-2-3-6-15(13)18-16(17(14)11-12)7-4-10-19-18;1-12-8-9-16-17(11-12)14-6-3-2-5-13(14)15-7-4-10-19-18(15)16;1-12-6-7-15-16-8-9-19-11-18(16)14-5-3-2-4-13(14)17(15)10-12;1-12-6-7-15-17(10-12)14-5-3-2-4-13(14)16-8-9-19-11-18(15)16;;;;;;;;;/h2-12H,1H3;4*2-11H,1H3;9*1H/i5*1D;9*1+1D. The van der Waals surface area contributed by atoms with Gasteiger partial charge in [0.1, 0.15) is 0 Å². The van der Waals surface area contributed by atoms with Gasteiger partial charge in [-0.2, -0.15) is 0 Å². The average Bonchev–Trinajstić information content (AvgIpc) is 0.776. The lowest BCUT2D eigenvalue weighted by Crippen LogP contribution is -1.86. The van der Waals surface area contributed by atoms with Gasteiger partial charge in [-0.1, -0.05) is 277 Å². The normalized spacial score (nSPS) is 12.9. The van der Waals surface area contributed by atoms with Gasteiger partial charge in [-0.15, -0.1) is 0 Å². The van der Waals surface area contributed by atoms with Gasteiger partial charge in [-0.25, -0.2) is 0 Å².